The summed E-state index contributed by atoms with van der Waals surface area (Å²) in [6, 6.07) is 18.0. The molecule has 0 unspecified atom stereocenters. The molecule has 0 atom stereocenters. The third kappa shape index (κ3) is 7.18. The van der Waals surface area contributed by atoms with Gasteiger partial charge in [-0.25, -0.2) is 4.57 Å². The van der Waals surface area contributed by atoms with Crippen molar-refractivity contribution in [1.29, 1.82) is 0 Å². The molecule has 9 nitrogen and oxygen atoms in total. The molecular weight excluding hydrogens is 447 g/mol. The third-order valence-electron chi connectivity index (χ3n) is 4.58. The van der Waals surface area contributed by atoms with Gasteiger partial charge in [0.15, 0.2) is 0 Å². The fourth-order valence-corrected chi connectivity index (χ4v) is 3.45. The molecule has 10 heteroatoms. The van der Waals surface area contributed by atoms with Crippen molar-refractivity contribution >= 4 is 19.6 Å². The van der Waals surface area contributed by atoms with Crippen LogP contribution in [0.1, 0.15) is 37.4 Å². The number of carbonyl (C=O) groups excluding carboxylic acids is 2. The number of aryl methyl sites for hydroxylation is 1. The Hall–Kier alpha value is -3.65. The smallest absolute Gasteiger partial charge is 0.488 e. The van der Waals surface area contributed by atoms with E-state index in [0.717, 1.165) is 11.1 Å². The van der Waals surface area contributed by atoms with Crippen LogP contribution >= 0.6 is 7.82 Å². The molecule has 3 aromatic rings. The number of rotatable bonds is 9. The monoisotopic (exact) mass is 470 g/mol. The van der Waals surface area contributed by atoms with E-state index in [1.54, 1.807) is 18.2 Å². The Bertz CT molecular complexity index is 1210. The molecule has 3 rings (SSSR count). The molecular formula is C23H23N2O7P. The van der Waals surface area contributed by atoms with E-state index in [0.29, 0.717) is 11.3 Å². The summed E-state index contributed by atoms with van der Waals surface area (Å²) in [5.41, 5.74) is 8.67. The second-order valence-corrected chi connectivity index (χ2v) is 8.43. The van der Waals surface area contributed by atoms with E-state index in [4.69, 9.17) is 20.3 Å². The highest BCUT2D eigenvalue weighted by molar-refractivity contribution is 7.46. The Kier molecular flexibility index (Phi) is 7.50. The zero-order chi connectivity index (χ0) is 24.0. The molecule has 0 aliphatic heterocycles. The molecule has 5 N–H and O–H groups in total. The van der Waals surface area contributed by atoms with Gasteiger partial charge in [0, 0.05) is 12.1 Å². The lowest BCUT2D eigenvalue weighted by Crippen LogP contribution is -2.23. The number of amides is 2. The first kappa shape index (κ1) is 24.0. The van der Waals surface area contributed by atoms with Gasteiger partial charge in [0.05, 0.1) is 5.56 Å². The zero-order valence-corrected chi connectivity index (χ0v) is 18.6. The molecule has 0 bridgehead atoms. The maximum absolute atomic E-state index is 12.4. The standard InChI is InChI=1S/C23H23N2O7P/c1-15-3-2-4-17(11-15)14-31-21-10-5-16(12-20(21)22(24)26)13-25-23(27)18-6-8-19(9-7-18)32-33(28,29)30/h2-12H,13-14H2,1H3,(H2,24,26)(H,25,27)(H2,28,29,30). The van der Waals surface area contributed by atoms with Crippen LogP contribution in [0.3, 0.4) is 0 Å². The van der Waals surface area contributed by atoms with E-state index < -0.39 is 19.6 Å². The number of primary amides is 1. The van der Waals surface area contributed by atoms with E-state index in [-0.39, 0.29) is 30.0 Å². The van der Waals surface area contributed by atoms with Crippen LogP contribution in [0, 0.1) is 6.92 Å². The highest BCUT2D eigenvalue weighted by Crippen LogP contribution is 2.37. The first-order valence-corrected chi connectivity index (χ1v) is 11.4. The van der Waals surface area contributed by atoms with E-state index in [9.17, 15) is 14.2 Å². The minimum atomic E-state index is -4.67. The molecule has 0 fully saturated rings. The summed E-state index contributed by atoms with van der Waals surface area (Å²) in [5, 5.41) is 2.71. The van der Waals surface area contributed by atoms with Gasteiger partial charge in [0.1, 0.15) is 18.1 Å². The number of phosphoric acid groups is 1. The van der Waals surface area contributed by atoms with Crippen molar-refractivity contribution in [2.24, 2.45) is 5.73 Å². The van der Waals surface area contributed by atoms with E-state index >= 15 is 0 Å². The van der Waals surface area contributed by atoms with Gasteiger partial charge in [-0.3, -0.25) is 19.4 Å². The zero-order valence-electron chi connectivity index (χ0n) is 17.7. The van der Waals surface area contributed by atoms with E-state index in [2.05, 4.69) is 9.84 Å². The number of hydrogen-bond donors (Lipinski definition) is 4. The molecule has 172 valence electrons. The molecule has 3 aromatic carbocycles. The second-order valence-electron chi connectivity index (χ2n) is 7.26. The van der Waals surface area contributed by atoms with Crippen molar-refractivity contribution in [2.75, 3.05) is 0 Å². The molecule has 0 saturated carbocycles. The predicted molar refractivity (Wildman–Crippen MR) is 121 cm³/mol. The maximum atomic E-state index is 12.4. The minimum absolute atomic E-state index is 0.0627. The summed E-state index contributed by atoms with van der Waals surface area (Å²) in [7, 11) is -4.67. The van der Waals surface area contributed by atoms with Crippen molar-refractivity contribution in [1.82, 2.24) is 5.32 Å². The Labute approximate surface area is 190 Å². The van der Waals surface area contributed by atoms with Crippen LogP contribution in [0.4, 0.5) is 0 Å². The van der Waals surface area contributed by atoms with Crippen LogP contribution in [0.25, 0.3) is 0 Å². The van der Waals surface area contributed by atoms with Gasteiger partial charge in [-0.1, -0.05) is 35.9 Å². The Morgan fingerprint density at radius 3 is 2.36 bits per heavy atom. The van der Waals surface area contributed by atoms with Crippen molar-refractivity contribution in [2.45, 2.75) is 20.1 Å². The molecule has 0 aliphatic carbocycles. The van der Waals surface area contributed by atoms with Gasteiger partial charge in [-0.05, 0) is 54.4 Å². The highest BCUT2D eigenvalue weighted by Gasteiger charge is 2.16. The second kappa shape index (κ2) is 10.3. The molecule has 0 aliphatic rings. The van der Waals surface area contributed by atoms with Crippen LogP contribution in [0.2, 0.25) is 0 Å². The number of ether oxygens (including phenoxy) is 1. The number of phosphoric ester groups is 1. The van der Waals surface area contributed by atoms with Crippen molar-refractivity contribution in [3.63, 3.8) is 0 Å². The van der Waals surface area contributed by atoms with Gasteiger partial charge >= 0.3 is 7.82 Å². The average molecular weight is 470 g/mol. The summed E-state index contributed by atoms with van der Waals surface area (Å²) in [6.45, 7) is 2.38. The van der Waals surface area contributed by atoms with Crippen LogP contribution in [-0.4, -0.2) is 21.6 Å². The topological polar surface area (TPSA) is 148 Å². The van der Waals surface area contributed by atoms with E-state index in [1.807, 2.05) is 31.2 Å². The Morgan fingerprint density at radius 2 is 1.73 bits per heavy atom. The summed E-state index contributed by atoms with van der Waals surface area (Å²) < 4.78 is 21.1. The molecule has 0 heterocycles. The van der Waals surface area contributed by atoms with Crippen LogP contribution in [0.5, 0.6) is 11.5 Å². The first-order chi connectivity index (χ1) is 15.6. The third-order valence-corrected chi connectivity index (χ3v) is 5.03. The van der Waals surface area contributed by atoms with Crippen molar-refractivity contribution < 1.29 is 33.2 Å². The van der Waals surface area contributed by atoms with Gasteiger partial charge in [-0.15, -0.1) is 0 Å². The van der Waals surface area contributed by atoms with Crippen LogP contribution in [-0.2, 0) is 17.7 Å². The number of carbonyl (C=O) groups is 2. The lowest BCUT2D eigenvalue weighted by atomic mass is 10.1. The van der Waals surface area contributed by atoms with Crippen molar-refractivity contribution in [3.05, 3.63) is 94.5 Å². The fraction of sp³-hybridized carbons (Fsp3) is 0.130. The minimum Gasteiger partial charge on any atom is -0.488 e. The normalized spacial score (nSPS) is 11.0. The molecule has 0 saturated heterocycles. The molecule has 0 spiro atoms. The van der Waals surface area contributed by atoms with Gasteiger partial charge in [0.2, 0.25) is 0 Å². The summed E-state index contributed by atoms with van der Waals surface area (Å²) in [6.07, 6.45) is 0. The average Bonchev–Trinajstić information content (AvgIpc) is 2.75. The summed E-state index contributed by atoms with van der Waals surface area (Å²) >= 11 is 0. The number of hydrogen-bond acceptors (Lipinski definition) is 5. The fourth-order valence-electron chi connectivity index (χ4n) is 3.06. The predicted octanol–water partition coefficient (Wildman–Crippen LogP) is 3.07. The lowest BCUT2D eigenvalue weighted by Gasteiger charge is -2.12. The molecule has 2 amide bonds. The first-order valence-electron chi connectivity index (χ1n) is 9.85. The summed E-state index contributed by atoms with van der Waals surface area (Å²) in [4.78, 5) is 41.9. The molecule has 0 radical (unpaired) electrons. The number of nitrogens with two attached hydrogens (primary N) is 1. The van der Waals surface area contributed by atoms with Gasteiger partial charge in [0.25, 0.3) is 11.8 Å². The molecule has 33 heavy (non-hydrogen) atoms. The largest absolute Gasteiger partial charge is 0.524 e. The van der Waals surface area contributed by atoms with E-state index in [1.165, 1.54) is 24.3 Å². The molecule has 0 aromatic heterocycles. The highest BCUT2D eigenvalue weighted by atomic mass is 31.2. The maximum Gasteiger partial charge on any atom is 0.524 e. The van der Waals surface area contributed by atoms with Gasteiger partial charge < -0.3 is 20.3 Å². The number of nitrogens with one attached hydrogen (secondary N) is 1. The Morgan fingerprint density at radius 1 is 1.00 bits per heavy atom. The Balaban J connectivity index is 1.63. The van der Waals surface area contributed by atoms with Crippen LogP contribution in [0.15, 0.2) is 66.7 Å². The van der Waals surface area contributed by atoms with Gasteiger partial charge in [-0.2, -0.15) is 0 Å². The van der Waals surface area contributed by atoms with Crippen LogP contribution < -0.4 is 20.3 Å². The SMILES string of the molecule is Cc1cccc(COc2ccc(CNC(=O)c3ccc(OP(=O)(O)O)cc3)cc2C(N)=O)c1. The number of benzene rings is 3. The summed E-state index contributed by atoms with van der Waals surface area (Å²) in [5.74, 6) is -0.784. The quantitative estimate of drug-likeness (QED) is 0.351. The lowest BCUT2D eigenvalue weighted by molar-refractivity contribution is 0.0950. The van der Waals surface area contributed by atoms with Crippen molar-refractivity contribution in [3.8, 4) is 11.5 Å².